The largest absolute Gasteiger partial charge is 0.318 e. The van der Waals surface area contributed by atoms with Crippen LogP contribution >= 0.6 is 22.9 Å². The molecule has 0 bridgehead atoms. The predicted molar refractivity (Wildman–Crippen MR) is 59.6 cm³/mol. The summed E-state index contributed by atoms with van der Waals surface area (Å²) >= 11 is 7.18. The molecule has 2 rings (SSSR count). The van der Waals surface area contributed by atoms with Crippen LogP contribution in [-0.2, 0) is 0 Å². The fourth-order valence-electron chi connectivity index (χ4n) is 1.29. The van der Waals surface area contributed by atoms with Crippen LogP contribution in [-0.4, -0.2) is 4.98 Å². The lowest BCUT2D eigenvalue weighted by molar-refractivity contribution is 0.623. The van der Waals surface area contributed by atoms with Crippen molar-refractivity contribution in [1.29, 1.82) is 0 Å². The predicted octanol–water partition coefficient (Wildman–Crippen LogP) is 2.98. The van der Waals surface area contributed by atoms with Crippen LogP contribution < -0.4 is 5.73 Å². The van der Waals surface area contributed by atoms with Gasteiger partial charge in [-0.15, -0.1) is 11.3 Å². The van der Waals surface area contributed by atoms with E-state index in [1.807, 2.05) is 5.38 Å². The second kappa shape index (κ2) is 4.26. The normalized spacial score (nSPS) is 12.7. The topological polar surface area (TPSA) is 38.9 Å². The standard InChI is InChI=1S/C10H8ClFN2S/c11-7-3-6(4-8(12)5-7)9(13)10-14-1-2-15-10/h1-5,9H,13H2. The zero-order valence-electron chi connectivity index (χ0n) is 7.65. The molecule has 2 N–H and O–H groups in total. The zero-order valence-corrected chi connectivity index (χ0v) is 9.23. The minimum Gasteiger partial charge on any atom is -0.318 e. The molecule has 1 heterocycles. The smallest absolute Gasteiger partial charge is 0.125 e. The average molecular weight is 243 g/mol. The highest BCUT2D eigenvalue weighted by atomic mass is 35.5. The highest BCUT2D eigenvalue weighted by molar-refractivity contribution is 7.09. The van der Waals surface area contributed by atoms with Gasteiger partial charge in [-0.25, -0.2) is 9.37 Å². The van der Waals surface area contributed by atoms with E-state index >= 15 is 0 Å². The van der Waals surface area contributed by atoms with Crippen molar-refractivity contribution in [1.82, 2.24) is 4.98 Å². The molecule has 1 aromatic carbocycles. The van der Waals surface area contributed by atoms with Gasteiger partial charge >= 0.3 is 0 Å². The van der Waals surface area contributed by atoms with Crippen molar-refractivity contribution in [2.24, 2.45) is 5.73 Å². The SMILES string of the molecule is NC(c1cc(F)cc(Cl)c1)c1nccs1. The Hall–Kier alpha value is -0.970. The zero-order chi connectivity index (χ0) is 10.8. The van der Waals surface area contributed by atoms with E-state index in [2.05, 4.69) is 4.98 Å². The molecule has 0 aliphatic carbocycles. The second-order valence-electron chi connectivity index (χ2n) is 3.05. The third-order valence-electron chi connectivity index (χ3n) is 1.96. The van der Waals surface area contributed by atoms with Gasteiger partial charge in [0.2, 0.25) is 0 Å². The lowest BCUT2D eigenvalue weighted by atomic mass is 10.1. The second-order valence-corrected chi connectivity index (χ2v) is 4.41. The summed E-state index contributed by atoms with van der Waals surface area (Å²) in [5.74, 6) is -0.385. The van der Waals surface area contributed by atoms with E-state index in [1.54, 1.807) is 12.3 Å². The summed E-state index contributed by atoms with van der Waals surface area (Å²) in [5, 5.41) is 2.92. The van der Waals surface area contributed by atoms with Gasteiger partial charge in [0.15, 0.2) is 0 Å². The van der Waals surface area contributed by atoms with Crippen LogP contribution in [0.3, 0.4) is 0 Å². The van der Waals surface area contributed by atoms with Crippen molar-refractivity contribution in [3.8, 4) is 0 Å². The van der Waals surface area contributed by atoms with Gasteiger partial charge in [-0.05, 0) is 23.8 Å². The van der Waals surface area contributed by atoms with Crippen LogP contribution in [0.5, 0.6) is 0 Å². The molecule has 2 nitrogen and oxygen atoms in total. The van der Waals surface area contributed by atoms with Crippen molar-refractivity contribution < 1.29 is 4.39 Å². The summed E-state index contributed by atoms with van der Waals surface area (Å²) in [6, 6.07) is 3.85. The number of aromatic nitrogens is 1. The summed E-state index contributed by atoms with van der Waals surface area (Å²) in [6.45, 7) is 0. The van der Waals surface area contributed by atoms with Crippen LogP contribution in [0.15, 0.2) is 29.8 Å². The third-order valence-corrected chi connectivity index (χ3v) is 3.04. The number of nitrogens with zero attached hydrogens (tertiary/aromatic N) is 1. The number of hydrogen-bond donors (Lipinski definition) is 1. The molecule has 5 heteroatoms. The first-order chi connectivity index (χ1) is 7.16. The minimum atomic E-state index is -0.418. The summed E-state index contributed by atoms with van der Waals surface area (Å²) in [6.07, 6.45) is 1.67. The molecule has 0 spiro atoms. The van der Waals surface area contributed by atoms with Gasteiger partial charge in [0.25, 0.3) is 0 Å². The van der Waals surface area contributed by atoms with E-state index < -0.39 is 6.04 Å². The Labute approximate surface area is 95.5 Å². The van der Waals surface area contributed by atoms with E-state index in [-0.39, 0.29) is 5.82 Å². The first kappa shape index (κ1) is 10.5. The van der Waals surface area contributed by atoms with E-state index in [9.17, 15) is 4.39 Å². The molecule has 0 amide bonds. The molecule has 78 valence electrons. The molecule has 2 aromatic rings. The van der Waals surface area contributed by atoms with E-state index in [4.69, 9.17) is 17.3 Å². The van der Waals surface area contributed by atoms with Crippen LogP contribution in [0.4, 0.5) is 4.39 Å². The van der Waals surface area contributed by atoms with Gasteiger partial charge in [-0.2, -0.15) is 0 Å². The van der Waals surface area contributed by atoms with Crippen molar-refractivity contribution in [3.63, 3.8) is 0 Å². The highest BCUT2D eigenvalue weighted by Crippen LogP contribution is 2.24. The minimum absolute atomic E-state index is 0.344. The molecule has 1 atom stereocenters. The van der Waals surface area contributed by atoms with E-state index in [0.29, 0.717) is 10.6 Å². The van der Waals surface area contributed by atoms with E-state index in [0.717, 1.165) is 5.01 Å². The maximum atomic E-state index is 13.1. The first-order valence-corrected chi connectivity index (χ1v) is 5.53. The average Bonchev–Trinajstić information content (AvgIpc) is 2.67. The van der Waals surface area contributed by atoms with Crippen molar-refractivity contribution in [2.75, 3.05) is 0 Å². The Morgan fingerprint density at radius 2 is 2.20 bits per heavy atom. The number of benzene rings is 1. The third kappa shape index (κ3) is 2.34. The molecule has 0 saturated carbocycles. The molecule has 1 unspecified atom stereocenters. The maximum absolute atomic E-state index is 13.1. The Balaban J connectivity index is 2.37. The van der Waals surface area contributed by atoms with E-state index in [1.165, 1.54) is 23.5 Å². The van der Waals surface area contributed by atoms with Crippen LogP contribution in [0.2, 0.25) is 5.02 Å². The number of halogens is 2. The van der Waals surface area contributed by atoms with Gasteiger partial charge in [0.1, 0.15) is 10.8 Å². The fourth-order valence-corrected chi connectivity index (χ4v) is 2.18. The maximum Gasteiger partial charge on any atom is 0.125 e. The Bertz CT molecular complexity index is 438. The number of thiazole rings is 1. The highest BCUT2D eigenvalue weighted by Gasteiger charge is 2.12. The Morgan fingerprint density at radius 3 is 2.80 bits per heavy atom. The quantitative estimate of drug-likeness (QED) is 0.879. The van der Waals surface area contributed by atoms with Crippen LogP contribution in [0.25, 0.3) is 0 Å². The van der Waals surface area contributed by atoms with Gasteiger partial charge in [0.05, 0.1) is 6.04 Å². The summed E-state index contributed by atoms with van der Waals surface area (Å²) in [5.41, 5.74) is 6.56. The van der Waals surface area contributed by atoms with Crippen molar-refractivity contribution in [2.45, 2.75) is 6.04 Å². The van der Waals surface area contributed by atoms with Crippen LogP contribution in [0.1, 0.15) is 16.6 Å². The Kier molecular flexibility index (Phi) is 3.00. The monoisotopic (exact) mass is 242 g/mol. The fraction of sp³-hybridized carbons (Fsp3) is 0.100. The molecule has 0 aliphatic rings. The number of nitrogens with two attached hydrogens (primary N) is 1. The number of hydrogen-bond acceptors (Lipinski definition) is 3. The lowest BCUT2D eigenvalue weighted by Crippen LogP contribution is -2.11. The van der Waals surface area contributed by atoms with Crippen molar-refractivity contribution >= 4 is 22.9 Å². The summed E-state index contributed by atoms with van der Waals surface area (Å²) in [7, 11) is 0. The molecular formula is C10H8ClFN2S. The van der Waals surface area contributed by atoms with Crippen LogP contribution in [0, 0.1) is 5.82 Å². The molecule has 15 heavy (non-hydrogen) atoms. The molecule has 0 aliphatic heterocycles. The molecule has 0 fully saturated rings. The number of rotatable bonds is 2. The van der Waals surface area contributed by atoms with Gasteiger partial charge < -0.3 is 5.73 Å². The summed E-state index contributed by atoms with van der Waals surface area (Å²) < 4.78 is 13.1. The lowest BCUT2D eigenvalue weighted by Gasteiger charge is -2.09. The molecular weight excluding hydrogens is 235 g/mol. The van der Waals surface area contributed by atoms with Gasteiger partial charge in [-0.1, -0.05) is 11.6 Å². The van der Waals surface area contributed by atoms with Crippen molar-refractivity contribution in [3.05, 3.63) is 51.2 Å². The Morgan fingerprint density at radius 1 is 1.40 bits per heavy atom. The van der Waals surface area contributed by atoms with Gasteiger partial charge in [-0.3, -0.25) is 0 Å². The molecule has 1 aromatic heterocycles. The molecule has 0 radical (unpaired) electrons. The molecule has 0 saturated heterocycles. The summed E-state index contributed by atoms with van der Waals surface area (Å²) in [4.78, 5) is 4.08. The van der Waals surface area contributed by atoms with Gasteiger partial charge in [0, 0.05) is 16.6 Å². The first-order valence-electron chi connectivity index (χ1n) is 4.28.